The van der Waals surface area contributed by atoms with Crippen LogP contribution in [0, 0.1) is 0 Å². The van der Waals surface area contributed by atoms with Crippen molar-refractivity contribution in [2.24, 2.45) is 7.05 Å². The van der Waals surface area contributed by atoms with Gasteiger partial charge in [-0.15, -0.1) is 0 Å². The number of carbonyl (C=O) groups is 2. The zero-order valence-electron chi connectivity index (χ0n) is 13.8. The molecule has 2 heterocycles. The molecule has 3 aromatic rings. The fourth-order valence-electron chi connectivity index (χ4n) is 2.30. The summed E-state index contributed by atoms with van der Waals surface area (Å²) >= 11 is 0. The fraction of sp³-hybridized carbons (Fsp3) is 0.176. The number of aromatic nitrogens is 4. The van der Waals surface area contributed by atoms with E-state index in [1.54, 1.807) is 26.2 Å². The number of aryl methyl sites for hydroxylation is 1. The molecule has 0 saturated heterocycles. The summed E-state index contributed by atoms with van der Waals surface area (Å²) in [7, 11) is 1.72. The van der Waals surface area contributed by atoms with E-state index in [1.165, 1.54) is 15.6 Å². The van der Waals surface area contributed by atoms with E-state index < -0.39 is 11.9 Å². The van der Waals surface area contributed by atoms with Crippen molar-refractivity contribution in [1.82, 2.24) is 19.6 Å². The molecule has 25 heavy (non-hydrogen) atoms. The molecule has 0 aliphatic carbocycles. The van der Waals surface area contributed by atoms with Crippen molar-refractivity contribution in [2.45, 2.75) is 6.92 Å². The monoisotopic (exact) mass is 339 g/mol. The van der Waals surface area contributed by atoms with Gasteiger partial charge in [-0.2, -0.15) is 10.2 Å². The molecule has 1 N–H and O–H groups in total. The van der Waals surface area contributed by atoms with Crippen LogP contribution in [0.2, 0.25) is 0 Å². The van der Waals surface area contributed by atoms with Crippen molar-refractivity contribution in [3.8, 4) is 5.69 Å². The summed E-state index contributed by atoms with van der Waals surface area (Å²) in [4.78, 5) is 24.6. The smallest absolute Gasteiger partial charge is 0.343 e. The van der Waals surface area contributed by atoms with Gasteiger partial charge in [-0.1, -0.05) is 18.2 Å². The Morgan fingerprint density at radius 2 is 1.96 bits per heavy atom. The predicted octanol–water partition coefficient (Wildman–Crippen LogP) is 2.03. The number of carbonyl (C=O) groups excluding carboxylic acids is 2. The third-order valence-electron chi connectivity index (χ3n) is 3.44. The molecule has 128 valence electrons. The van der Waals surface area contributed by atoms with Gasteiger partial charge >= 0.3 is 5.97 Å². The highest BCUT2D eigenvalue weighted by Crippen LogP contribution is 2.21. The van der Waals surface area contributed by atoms with Crippen molar-refractivity contribution in [2.75, 3.05) is 11.9 Å². The van der Waals surface area contributed by atoms with Crippen molar-refractivity contribution >= 4 is 17.7 Å². The Balaban J connectivity index is 2.00. The molecule has 0 spiro atoms. The molecule has 1 amide bonds. The highest BCUT2D eigenvalue weighted by atomic mass is 16.5. The first-order valence-corrected chi connectivity index (χ1v) is 7.71. The minimum atomic E-state index is -0.555. The van der Waals surface area contributed by atoms with Crippen LogP contribution in [0.5, 0.6) is 0 Å². The van der Waals surface area contributed by atoms with Gasteiger partial charge < -0.3 is 10.1 Å². The predicted molar refractivity (Wildman–Crippen MR) is 90.7 cm³/mol. The van der Waals surface area contributed by atoms with Gasteiger partial charge in [0.05, 0.1) is 18.5 Å². The Bertz CT molecular complexity index is 898. The standard InChI is InChI=1S/C17H17N5O3/c1-3-25-17(24)13-11-18-22(12-7-5-4-6-8-12)15(13)19-16(23)14-9-10-21(2)20-14/h4-11H,3H2,1-2H3,(H,19,23). The number of nitrogens with zero attached hydrogens (tertiary/aromatic N) is 4. The van der Waals surface area contributed by atoms with Crippen LogP contribution in [0.4, 0.5) is 5.82 Å². The first kappa shape index (κ1) is 16.4. The van der Waals surface area contributed by atoms with E-state index in [-0.39, 0.29) is 23.7 Å². The highest BCUT2D eigenvalue weighted by Gasteiger charge is 2.22. The van der Waals surface area contributed by atoms with Crippen LogP contribution in [-0.4, -0.2) is 38.0 Å². The highest BCUT2D eigenvalue weighted by molar-refractivity contribution is 6.06. The average molecular weight is 339 g/mol. The Hall–Kier alpha value is -3.42. The Morgan fingerprint density at radius 1 is 1.20 bits per heavy atom. The number of ether oxygens (including phenoxy) is 1. The summed E-state index contributed by atoms with van der Waals surface area (Å²) < 4.78 is 8.05. The van der Waals surface area contributed by atoms with Gasteiger partial charge in [0, 0.05) is 13.2 Å². The maximum Gasteiger partial charge on any atom is 0.343 e. The van der Waals surface area contributed by atoms with E-state index in [2.05, 4.69) is 15.5 Å². The van der Waals surface area contributed by atoms with Crippen LogP contribution in [0.1, 0.15) is 27.8 Å². The van der Waals surface area contributed by atoms with E-state index in [0.29, 0.717) is 5.69 Å². The second-order valence-electron chi connectivity index (χ2n) is 5.20. The number of amides is 1. The summed E-state index contributed by atoms with van der Waals surface area (Å²) in [5.41, 5.74) is 1.11. The number of hydrogen-bond acceptors (Lipinski definition) is 5. The lowest BCUT2D eigenvalue weighted by Crippen LogP contribution is -2.18. The van der Waals surface area contributed by atoms with Gasteiger partial charge in [0.1, 0.15) is 5.56 Å². The first-order chi connectivity index (χ1) is 12.1. The Kier molecular flexibility index (Phi) is 4.60. The second kappa shape index (κ2) is 7.00. The molecule has 2 aromatic heterocycles. The van der Waals surface area contributed by atoms with Crippen molar-refractivity contribution in [3.63, 3.8) is 0 Å². The summed E-state index contributed by atoms with van der Waals surface area (Å²) in [6, 6.07) is 10.8. The Labute approximate surface area is 144 Å². The summed E-state index contributed by atoms with van der Waals surface area (Å²) in [5, 5.41) is 11.0. The molecule has 0 bridgehead atoms. The number of esters is 1. The van der Waals surface area contributed by atoms with Gasteiger partial charge in [-0.25, -0.2) is 9.48 Å². The molecule has 1 aromatic carbocycles. The number of anilines is 1. The molecule has 8 nitrogen and oxygen atoms in total. The lowest BCUT2D eigenvalue weighted by Gasteiger charge is -2.10. The third kappa shape index (κ3) is 3.42. The topological polar surface area (TPSA) is 91.0 Å². The average Bonchev–Trinajstić information content (AvgIpc) is 3.22. The van der Waals surface area contributed by atoms with E-state index in [0.717, 1.165) is 0 Å². The Morgan fingerprint density at radius 3 is 2.60 bits per heavy atom. The molecular formula is C17H17N5O3. The third-order valence-corrected chi connectivity index (χ3v) is 3.44. The van der Waals surface area contributed by atoms with Crippen LogP contribution >= 0.6 is 0 Å². The largest absolute Gasteiger partial charge is 0.462 e. The molecule has 0 fully saturated rings. The molecule has 0 saturated carbocycles. The van der Waals surface area contributed by atoms with Crippen molar-refractivity contribution in [3.05, 3.63) is 60.0 Å². The molecule has 0 unspecified atom stereocenters. The number of rotatable bonds is 5. The molecule has 0 aliphatic rings. The quantitative estimate of drug-likeness (QED) is 0.718. The minimum Gasteiger partial charge on any atom is -0.462 e. The van der Waals surface area contributed by atoms with Crippen LogP contribution < -0.4 is 5.32 Å². The van der Waals surface area contributed by atoms with Gasteiger partial charge in [0.15, 0.2) is 11.5 Å². The molecule has 8 heteroatoms. The SMILES string of the molecule is CCOC(=O)c1cnn(-c2ccccc2)c1NC(=O)c1ccn(C)n1. The van der Waals surface area contributed by atoms with Gasteiger partial charge in [0.25, 0.3) is 5.91 Å². The summed E-state index contributed by atoms with van der Waals surface area (Å²) in [5.74, 6) is -0.759. The second-order valence-corrected chi connectivity index (χ2v) is 5.20. The number of nitrogens with one attached hydrogen (secondary N) is 1. The maximum atomic E-state index is 12.5. The van der Waals surface area contributed by atoms with Gasteiger partial charge in [-0.05, 0) is 25.1 Å². The van der Waals surface area contributed by atoms with Gasteiger partial charge in [0.2, 0.25) is 0 Å². The zero-order chi connectivity index (χ0) is 17.8. The van der Waals surface area contributed by atoms with E-state index >= 15 is 0 Å². The van der Waals surface area contributed by atoms with E-state index in [9.17, 15) is 9.59 Å². The summed E-state index contributed by atoms with van der Waals surface area (Å²) in [6.45, 7) is 1.94. The molecule has 0 atom stereocenters. The first-order valence-electron chi connectivity index (χ1n) is 7.71. The molecular weight excluding hydrogens is 322 g/mol. The van der Waals surface area contributed by atoms with E-state index in [4.69, 9.17) is 4.74 Å². The zero-order valence-corrected chi connectivity index (χ0v) is 13.8. The fourth-order valence-corrected chi connectivity index (χ4v) is 2.30. The van der Waals surface area contributed by atoms with Crippen LogP contribution in [-0.2, 0) is 11.8 Å². The molecule has 0 aliphatic heterocycles. The number of hydrogen-bond donors (Lipinski definition) is 1. The summed E-state index contributed by atoms with van der Waals surface area (Å²) in [6.07, 6.45) is 3.04. The number of benzene rings is 1. The van der Waals surface area contributed by atoms with Gasteiger partial charge in [-0.3, -0.25) is 9.48 Å². The van der Waals surface area contributed by atoms with Crippen molar-refractivity contribution < 1.29 is 14.3 Å². The lowest BCUT2D eigenvalue weighted by molar-refractivity contribution is 0.0527. The minimum absolute atomic E-state index is 0.176. The lowest BCUT2D eigenvalue weighted by atomic mass is 10.3. The van der Waals surface area contributed by atoms with Crippen LogP contribution in [0.25, 0.3) is 5.69 Å². The van der Waals surface area contributed by atoms with Crippen LogP contribution in [0.3, 0.4) is 0 Å². The van der Waals surface area contributed by atoms with E-state index in [1.807, 2.05) is 30.3 Å². The molecule has 3 rings (SSSR count). The van der Waals surface area contributed by atoms with Crippen molar-refractivity contribution in [1.29, 1.82) is 0 Å². The maximum absolute atomic E-state index is 12.5. The normalized spacial score (nSPS) is 10.5. The van der Waals surface area contributed by atoms with Crippen LogP contribution in [0.15, 0.2) is 48.8 Å². The number of para-hydroxylation sites is 1. The molecule has 0 radical (unpaired) electrons.